The predicted molar refractivity (Wildman–Crippen MR) is 93.4 cm³/mol. The van der Waals surface area contributed by atoms with Gasteiger partial charge in [0.1, 0.15) is 0 Å². The molecule has 2 N–H and O–H groups in total. The van der Waals surface area contributed by atoms with Crippen LogP contribution in [0.2, 0.25) is 0 Å². The Hall–Kier alpha value is -0.200. The van der Waals surface area contributed by atoms with E-state index in [1.54, 1.807) is 11.3 Å². The molecule has 0 aliphatic carbocycles. The van der Waals surface area contributed by atoms with Crippen molar-refractivity contribution in [3.8, 4) is 0 Å². The van der Waals surface area contributed by atoms with E-state index < -0.39 is 0 Å². The fraction of sp³-hybridized carbons (Fsp3) is 0.467. The molecule has 0 saturated heterocycles. The Labute approximate surface area is 137 Å². The lowest BCUT2D eigenvalue weighted by Gasteiger charge is -2.33. The molecule has 20 heavy (non-hydrogen) atoms. The topological polar surface area (TPSA) is 29.3 Å². The second-order valence-electron chi connectivity index (χ2n) is 4.80. The molecule has 2 nitrogen and oxygen atoms in total. The molecular formula is C15H21BrN2S2. The van der Waals surface area contributed by atoms with Crippen LogP contribution in [-0.2, 0) is 6.54 Å². The van der Waals surface area contributed by atoms with E-state index in [1.165, 1.54) is 13.5 Å². The minimum absolute atomic E-state index is 0.167. The zero-order chi connectivity index (χ0) is 14.5. The zero-order valence-electron chi connectivity index (χ0n) is 11.9. The molecule has 2 atom stereocenters. The Morgan fingerprint density at radius 3 is 2.60 bits per heavy atom. The van der Waals surface area contributed by atoms with Gasteiger partial charge in [0, 0.05) is 22.3 Å². The van der Waals surface area contributed by atoms with Gasteiger partial charge in [0.05, 0.1) is 9.83 Å². The summed E-state index contributed by atoms with van der Waals surface area (Å²) < 4.78 is 1.17. The van der Waals surface area contributed by atoms with Crippen LogP contribution in [0.25, 0.3) is 0 Å². The molecule has 2 aromatic heterocycles. The maximum Gasteiger partial charge on any atom is 0.0702 e. The van der Waals surface area contributed by atoms with E-state index in [2.05, 4.69) is 64.3 Å². The summed E-state index contributed by atoms with van der Waals surface area (Å²) in [5, 5.41) is 2.14. The molecule has 0 aliphatic heterocycles. The highest BCUT2D eigenvalue weighted by molar-refractivity contribution is 9.11. The SMILES string of the molecule is CCC(N)C(c1ccc(Br)s1)N(CC)Cc1cccs1. The Balaban J connectivity index is 2.23. The number of rotatable bonds is 7. The maximum atomic E-state index is 6.42. The number of hydrogen-bond acceptors (Lipinski definition) is 4. The zero-order valence-corrected chi connectivity index (χ0v) is 15.1. The smallest absolute Gasteiger partial charge is 0.0702 e. The summed E-state index contributed by atoms with van der Waals surface area (Å²) in [5.41, 5.74) is 6.42. The molecule has 0 radical (unpaired) electrons. The van der Waals surface area contributed by atoms with Gasteiger partial charge in [-0.05, 0) is 52.5 Å². The van der Waals surface area contributed by atoms with Gasteiger partial charge in [-0.1, -0.05) is 19.9 Å². The fourth-order valence-corrected chi connectivity index (χ4v) is 4.75. The molecule has 0 aromatic carbocycles. The van der Waals surface area contributed by atoms with E-state index in [0.29, 0.717) is 6.04 Å². The van der Waals surface area contributed by atoms with Crippen LogP contribution >= 0.6 is 38.6 Å². The Morgan fingerprint density at radius 2 is 2.10 bits per heavy atom. The summed E-state index contributed by atoms with van der Waals surface area (Å²) in [5.74, 6) is 0. The minimum Gasteiger partial charge on any atom is -0.326 e. The molecule has 0 amide bonds. The van der Waals surface area contributed by atoms with Gasteiger partial charge in [-0.25, -0.2) is 0 Å². The van der Waals surface area contributed by atoms with Crippen LogP contribution in [0.3, 0.4) is 0 Å². The third-order valence-electron chi connectivity index (χ3n) is 3.50. The van der Waals surface area contributed by atoms with Crippen molar-refractivity contribution in [2.24, 2.45) is 5.73 Å². The molecule has 2 rings (SSSR count). The summed E-state index contributed by atoms with van der Waals surface area (Å²) in [6.45, 7) is 6.36. The Kier molecular flexibility index (Phi) is 6.23. The van der Waals surface area contributed by atoms with Crippen molar-refractivity contribution in [1.82, 2.24) is 4.90 Å². The molecule has 0 aliphatic rings. The van der Waals surface area contributed by atoms with Crippen LogP contribution in [0.4, 0.5) is 0 Å². The van der Waals surface area contributed by atoms with Crippen molar-refractivity contribution in [3.05, 3.63) is 43.2 Å². The van der Waals surface area contributed by atoms with Gasteiger partial charge in [0.25, 0.3) is 0 Å². The van der Waals surface area contributed by atoms with Crippen LogP contribution in [-0.4, -0.2) is 17.5 Å². The lowest BCUT2D eigenvalue weighted by Crippen LogP contribution is -2.40. The lowest BCUT2D eigenvalue weighted by molar-refractivity contribution is 0.174. The molecule has 2 unspecified atom stereocenters. The molecule has 0 fully saturated rings. The van der Waals surface area contributed by atoms with E-state index in [9.17, 15) is 0 Å². The van der Waals surface area contributed by atoms with E-state index in [4.69, 9.17) is 5.73 Å². The van der Waals surface area contributed by atoms with E-state index >= 15 is 0 Å². The summed E-state index contributed by atoms with van der Waals surface area (Å²) in [4.78, 5) is 5.23. The molecule has 110 valence electrons. The molecule has 0 saturated carbocycles. The van der Waals surface area contributed by atoms with Crippen molar-refractivity contribution in [1.29, 1.82) is 0 Å². The van der Waals surface area contributed by atoms with Gasteiger partial charge >= 0.3 is 0 Å². The molecular weight excluding hydrogens is 352 g/mol. The van der Waals surface area contributed by atoms with Gasteiger partial charge in [0.15, 0.2) is 0 Å². The minimum atomic E-state index is 0.167. The Bertz CT molecular complexity index is 510. The van der Waals surface area contributed by atoms with Crippen molar-refractivity contribution < 1.29 is 0 Å². The highest BCUT2D eigenvalue weighted by Gasteiger charge is 2.26. The van der Waals surface area contributed by atoms with Gasteiger partial charge < -0.3 is 5.73 Å². The van der Waals surface area contributed by atoms with Crippen molar-refractivity contribution in [3.63, 3.8) is 0 Å². The molecule has 2 heterocycles. The molecule has 0 bridgehead atoms. The monoisotopic (exact) mass is 372 g/mol. The number of thiophene rings is 2. The maximum absolute atomic E-state index is 6.42. The van der Waals surface area contributed by atoms with E-state index in [1.807, 2.05) is 11.3 Å². The van der Waals surface area contributed by atoms with Crippen molar-refractivity contribution in [2.75, 3.05) is 6.54 Å². The van der Waals surface area contributed by atoms with E-state index in [0.717, 1.165) is 19.5 Å². The molecule has 5 heteroatoms. The first-order valence-corrected chi connectivity index (χ1v) is 9.41. The number of nitrogens with zero attached hydrogens (tertiary/aromatic N) is 1. The average Bonchev–Trinajstić information content (AvgIpc) is 3.09. The second kappa shape index (κ2) is 7.71. The van der Waals surface area contributed by atoms with Crippen LogP contribution in [0.5, 0.6) is 0 Å². The summed E-state index contributed by atoms with van der Waals surface area (Å²) in [6.07, 6.45) is 0.987. The van der Waals surface area contributed by atoms with Gasteiger partial charge in [-0.2, -0.15) is 0 Å². The van der Waals surface area contributed by atoms with Gasteiger partial charge in [0.2, 0.25) is 0 Å². The third kappa shape index (κ3) is 3.92. The van der Waals surface area contributed by atoms with E-state index in [-0.39, 0.29) is 6.04 Å². The van der Waals surface area contributed by atoms with Crippen LogP contribution in [0, 0.1) is 0 Å². The van der Waals surface area contributed by atoms with Gasteiger partial charge in [-0.3, -0.25) is 4.90 Å². The second-order valence-corrected chi connectivity index (χ2v) is 8.33. The summed E-state index contributed by atoms with van der Waals surface area (Å²) in [7, 11) is 0. The standard InChI is InChI=1S/C15H21BrN2S2/c1-3-12(17)15(13-7-8-14(16)20-13)18(4-2)10-11-6-5-9-19-11/h5-9,12,15H,3-4,10,17H2,1-2H3. The first-order chi connectivity index (χ1) is 9.65. The lowest BCUT2D eigenvalue weighted by atomic mass is 10.0. The van der Waals surface area contributed by atoms with Crippen molar-refractivity contribution >= 4 is 38.6 Å². The highest BCUT2D eigenvalue weighted by Crippen LogP contribution is 2.34. The van der Waals surface area contributed by atoms with Gasteiger partial charge in [-0.15, -0.1) is 22.7 Å². The highest BCUT2D eigenvalue weighted by atomic mass is 79.9. The van der Waals surface area contributed by atoms with Crippen molar-refractivity contribution in [2.45, 2.75) is 38.9 Å². The first kappa shape index (κ1) is 16.2. The number of nitrogens with two attached hydrogens (primary N) is 1. The Morgan fingerprint density at radius 1 is 1.30 bits per heavy atom. The molecule has 0 spiro atoms. The van der Waals surface area contributed by atoms with Crippen LogP contribution in [0.15, 0.2) is 33.4 Å². The largest absolute Gasteiger partial charge is 0.326 e. The van der Waals surface area contributed by atoms with Crippen LogP contribution in [0.1, 0.15) is 36.1 Å². The number of likely N-dealkylation sites (N-methyl/N-ethyl adjacent to an activating group) is 1. The number of hydrogen-bond donors (Lipinski definition) is 1. The average molecular weight is 373 g/mol. The predicted octanol–water partition coefficient (Wildman–Crippen LogP) is 4.87. The fourth-order valence-electron chi connectivity index (χ4n) is 2.38. The number of halogens is 1. The normalized spacial score (nSPS) is 14.7. The summed E-state index contributed by atoms with van der Waals surface area (Å²) in [6, 6.07) is 9.10. The first-order valence-electron chi connectivity index (χ1n) is 6.93. The quantitative estimate of drug-likeness (QED) is 0.750. The molecule has 2 aromatic rings. The third-order valence-corrected chi connectivity index (χ3v) is 6.06. The van der Waals surface area contributed by atoms with Crippen LogP contribution < -0.4 is 5.73 Å². The summed E-state index contributed by atoms with van der Waals surface area (Å²) >= 11 is 7.17.